The molecule has 244 valence electrons. The van der Waals surface area contributed by atoms with Crippen LogP contribution in [-0.2, 0) is 20.7 Å². The smallest absolute Gasteiger partial charge is 0.340 e. The molecular weight excluding hydrogens is 602 g/mol. The topological polar surface area (TPSA) is 91.7 Å². The molecule has 1 atom stereocenters. The summed E-state index contributed by atoms with van der Waals surface area (Å²) in [5.41, 5.74) is 4.35. The second-order valence-corrected chi connectivity index (χ2v) is 12.0. The Labute approximate surface area is 281 Å². The minimum Gasteiger partial charge on any atom is -0.508 e. The number of benzene rings is 3. The number of amidine groups is 1. The van der Waals surface area contributed by atoms with E-state index in [9.17, 15) is 14.7 Å². The Morgan fingerprint density at radius 1 is 1.02 bits per heavy atom. The van der Waals surface area contributed by atoms with Gasteiger partial charge in [-0.15, -0.1) is 0 Å². The number of esters is 1. The van der Waals surface area contributed by atoms with E-state index in [1.165, 1.54) is 4.90 Å². The number of carbonyl (C=O) groups is 2. The predicted molar refractivity (Wildman–Crippen MR) is 188 cm³/mol. The van der Waals surface area contributed by atoms with Gasteiger partial charge in [-0.05, 0) is 99.2 Å². The molecule has 0 radical (unpaired) electrons. The lowest BCUT2D eigenvalue weighted by molar-refractivity contribution is -0.123. The average molecular weight is 642 g/mol. The number of hydrogen-bond donors (Lipinski definition) is 1. The zero-order valence-electron chi connectivity index (χ0n) is 27.2. The molecule has 1 fully saturated rings. The van der Waals surface area contributed by atoms with Gasteiger partial charge in [-0.25, -0.2) is 4.79 Å². The molecule has 48 heavy (non-hydrogen) atoms. The molecule has 1 amide bonds. The highest BCUT2D eigenvalue weighted by molar-refractivity contribution is 6.10. The Morgan fingerprint density at radius 3 is 2.50 bits per heavy atom. The van der Waals surface area contributed by atoms with Gasteiger partial charge in [-0.1, -0.05) is 72.8 Å². The molecule has 0 spiro atoms. The number of ether oxygens (including phenoxy) is 2. The van der Waals surface area contributed by atoms with E-state index in [1.54, 1.807) is 49.4 Å². The van der Waals surface area contributed by atoms with Crippen molar-refractivity contribution in [2.45, 2.75) is 45.1 Å². The Balaban J connectivity index is 1.29. The third-order valence-electron chi connectivity index (χ3n) is 8.51. The number of para-hydroxylation sites is 2. The van der Waals surface area contributed by atoms with Crippen molar-refractivity contribution in [1.29, 1.82) is 0 Å². The van der Waals surface area contributed by atoms with Crippen molar-refractivity contribution in [3.05, 3.63) is 150 Å². The van der Waals surface area contributed by atoms with Crippen LogP contribution in [0.4, 0.5) is 11.4 Å². The molecule has 0 saturated carbocycles. The number of carbonyl (C=O) groups excluding carboxylic acids is 2. The molecule has 1 N–H and O–H groups in total. The van der Waals surface area contributed by atoms with Crippen LogP contribution >= 0.6 is 0 Å². The summed E-state index contributed by atoms with van der Waals surface area (Å²) in [6.07, 6.45) is 18.0. The van der Waals surface area contributed by atoms with E-state index in [0.717, 1.165) is 35.4 Å². The lowest BCUT2D eigenvalue weighted by Gasteiger charge is -2.43. The first-order chi connectivity index (χ1) is 23.3. The third kappa shape index (κ3) is 7.18. The van der Waals surface area contributed by atoms with Gasteiger partial charge in [0.1, 0.15) is 5.75 Å². The second kappa shape index (κ2) is 14.4. The van der Waals surface area contributed by atoms with Crippen molar-refractivity contribution < 1.29 is 24.2 Å². The van der Waals surface area contributed by atoms with E-state index in [0.29, 0.717) is 18.5 Å². The van der Waals surface area contributed by atoms with Gasteiger partial charge in [0.2, 0.25) is 0 Å². The van der Waals surface area contributed by atoms with Crippen LogP contribution in [0.3, 0.4) is 0 Å². The van der Waals surface area contributed by atoms with Crippen LogP contribution in [0.25, 0.3) is 0 Å². The van der Waals surface area contributed by atoms with Crippen LogP contribution in [0.5, 0.6) is 5.75 Å². The SMILES string of the molecule is CCOC(=O)c1ccccc1N=C1O/C(=C/C2=CCC(C)(N(C3=CCCC=C3)c3ccccc3)C=C2)C(=O)N1CCc1ccc(O)cc1. The number of hydrogen-bond acceptors (Lipinski definition) is 7. The van der Waals surface area contributed by atoms with E-state index in [2.05, 4.69) is 71.5 Å². The van der Waals surface area contributed by atoms with Crippen LogP contribution in [-0.4, -0.2) is 46.6 Å². The lowest BCUT2D eigenvalue weighted by atomic mass is 9.87. The number of phenolic OH excluding ortho intramolecular Hbond substituents is 1. The Morgan fingerprint density at radius 2 is 1.79 bits per heavy atom. The molecule has 1 saturated heterocycles. The van der Waals surface area contributed by atoms with Crippen molar-refractivity contribution in [1.82, 2.24) is 4.90 Å². The molecule has 3 aliphatic rings. The van der Waals surface area contributed by atoms with Gasteiger partial charge in [0, 0.05) is 17.9 Å². The molecule has 3 aromatic rings. The third-order valence-corrected chi connectivity index (χ3v) is 8.51. The van der Waals surface area contributed by atoms with Crippen LogP contribution < -0.4 is 4.90 Å². The van der Waals surface area contributed by atoms with Crippen LogP contribution in [0.15, 0.2) is 143 Å². The summed E-state index contributed by atoms with van der Waals surface area (Å²) >= 11 is 0. The number of aromatic hydroxyl groups is 1. The molecule has 2 aliphatic carbocycles. The monoisotopic (exact) mass is 641 g/mol. The number of rotatable bonds is 10. The van der Waals surface area contributed by atoms with Gasteiger partial charge in [0.25, 0.3) is 5.91 Å². The minimum atomic E-state index is -0.502. The summed E-state index contributed by atoms with van der Waals surface area (Å²) in [5, 5.41) is 9.70. The van der Waals surface area contributed by atoms with E-state index in [1.807, 2.05) is 24.3 Å². The molecule has 3 aromatic carbocycles. The summed E-state index contributed by atoms with van der Waals surface area (Å²) in [6, 6.07) is 24.2. The van der Waals surface area contributed by atoms with Gasteiger partial charge in [-0.2, -0.15) is 4.99 Å². The van der Waals surface area contributed by atoms with E-state index in [-0.39, 0.29) is 47.7 Å². The number of allylic oxidation sites excluding steroid dienone is 6. The molecule has 0 aromatic heterocycles. The molecule has 1 unspecified atom stereocenters. The Bertz CT molecular complexity index is 1850. The van der Waals surface area contributed by atoms with Gasteiger partial charge < -0.3 is 19.5 Å². The summed E-state index contributed by atoms with van der Waals surface area (Å²) in [5.74, 6) is -0.513. The normalized spacial score (nSPS) is 20.5. The van der Waals surface area contributed by atoms with Crippen LogP contribution in [0.2, 0.25) is 0 Å². The zero-order chi connectivity index (χ0) is 33.5. The largest absolute Gasteiger partial charge is 0.508 e. The summed E-state index contributed by atoms with van der Waals surface area (Å²) in [4.78, 5) is 35.0. The maximum Gasteiger partial charge on any atom is 0.340 e. The summed E-state index contributed by atoms with van der Waals surface area (Å²) in [6.45, 7) is 4.47. The number of nitrogens with zero attached hydrogens (tertiary/aromatic N) is 3. The van der Waals surface area contributed by atoms with E-state index in [4.69, 9.17) is 9.47 Å². The molecular formula is C40H39N3O5. The van der Waals surface area contributed by atoms with Crippen molar-refractivity contribution in [3.8, 4) is 5.75 Å². The number of amides is 1. The molecule has 1 heterocycles. The molecule has 8 heteroatoms. The first kappa shape index (κ1) is 32.3. The van der Waals surface area contributed by atoms with Gasteiger partial charge >= 0.3 is 12.0 Å². The maximum atomic E-state index is 13.8. The number of phenols is 1. The fourth-order valence-corrected chi connectivity index (χ4v) is 5.99. The fraction of sp³-hybridized carbons (Fsp3) is 0.225. The van der Waals surface area contributed by atoms with Crippen molar-refractivity contribution in [3.63, 3.8) is 0 Å². The predicted octanol–water partition coefficient (Wildman–Crippen LogP) is 7.93. The first-order valence-electron chi connectivity index (χ1n) is 16.3. The highest BCUT2D eigenvalue weighted by Crippen LogP contribution is 2.37. The Hall–Kier alpha value is -5.63. The molecule has 1 aliphatic heterocycles. The average Bonchev–Trinajstić information content (AvgIpc) is 3.39. The fourth-order valence-electron chi connectivity index (χ4n) is 5.99. The highest BCUT2D eigenvalue weighted by atomic mass is 16.5. The standard InChI is InChI=1S/C40H39N3O5/c1-3-47-38(46)34-16-10-11-17-35(34)41-39-42(27-24-29-18-20-33(44)21-19-29)37(45)36(48-39)28-30-22-25-40(2,26-23-30)43(31-12-6-4-7-13-31)32-14-8-5-9-15-32/h4,6-8,10-23,25,28,44H,3,5,9,24,26-27H2,1-2H3/b36-28+,41-39?. The van der Waals surface area contributed by atoms with E-state index >= 15 is 0 Å². The minimum absolute atomic E-state index is 0.0817. The molecule has 6 rings (SSSR count). The first-order valence-corrected chi connectivity index (χ1v) is 16.3. The Kier molecular flexibility index (Phi) is 9.71. The van der Waals surface area contributed by atoms with Gasteiger partial charge in [0.05, 0.1) is 23.4 Å². The molecule has 0 bridgehead atoms. The summed E-state index contributed by atoms with van der Waals surface area (Å²) < 4.78 is 11.4. The van der Waals surface area contributed by atoms with Crippen molar-refractivity contribution >= 4 is 29.3 Å². The maximum absolute atomic E-state index is 13.8. The lowest BCUT2D eigenvalue weighted by Crippen LogP contribution is -2.45. The summed E-state index contributed by atoms with van der Waals surface area (Å²) in [7, 11) is 0. The molecule has 8 nitrogen and oxygen atoms in total. The highest BCUT2D eigenvalue weighted by Gasteiger charge is 2.36. The number of aliphatic imine (C=N–C) groups is 1. The quantitative estimate of drug-likeness (QED) is 0.179. The van der Waals surface area contributed by atoms with Crippen molar-refractivity contribution in [2.24, 2.45) is 4.99 Å². The number of anilines is 1. The van der Waals surface area contributed by atoms with Gasteiger partial charge in [0.15, 0.2) is 5.76 Å². The second-order valence-electron chi connectivity index (χ2n) is 12.0. The van der Waals surface area contributed by atoms with E-state index < -0.39 is 5.97 Å². The van der Waals surface area contributed by atoms with Crippen LogP contribution in [0.1, 0.15) is 49.0 Å². The van der Waals surface area contributed by atoms with Crippen molar-refractivity contribution in [2.75, 3.05) is 18.1 Å². The van der Waals surface area contributed by atoms with Gasteiger partial charge in [-0.3, -0.25) is 9.69 Å². The zero-order valence-corrected chi connectivity index (χ0v) is 27.2. The van der Waals surface area contributed by atoms with Crippen LogP contribution in [0, 0.1) is 0 Å².